The van der Waals surface area contributed by atoms with Crippen LogP contribution in [0.25, 0.3) is 21.5 Å². The molecule has 3 aromatic rings. The molecule has 18 heavy (non-hydrogen) atoms. The van der Waals surface area contributed by atoms with Crippen molar-refractivity contribution < 1.29 is 0 Å². The van der Waals surface area contributed by atoms with E-state index in [1.54, 1.807) is 0 Å². The zero-order valence-corrected chi connectivity index (χ0v) is 10.6. The van der Waals surface area contributed by atoms with E-state index in [9.17, 15) is 0 Å². The number of hydrogen-bond acceptors (Lipinski definition) is 2. The topological polar surface area (TPSA) is 52.0 Å². The third-order valence-electron chi connectivity index (χ3n) is 3.77. The molecule has 0 unspecified atom stereocenters. The molecular formula is C16H16N2. The molecule has 0 heterocycles. The maximum atomic E-state index is 5.92. The van der Waals surface area contributed by atoms with E-state index in [0.717, 1.165) is 0 Å². The average Bonchev–Trinajstić information content (AvgIpc) is 2.38. The average molecular weight is 236 g/mol. The molecule has 2 heteroatoms. The van der Waals surface area contributed by atoms with Crippen molar-refractivity contribution in [2.75, 3.05) is 11.5 Å². The zero-order chi connectivity index (χ0) is 12.9. The number of aryl methyl sites for hydroxylation is 2. The van der Waals surface area contributed by atoms with E-state index in [0.29, 0.717) is 11.4 Å². The molecule has 0 aromatic heterocycles. The number of hydrogen-bond donors (Lipinski definition) is 2. The Labute approximate surface area is 106 Å². The largest absolute Gasteiger partial charge is 0.397 e. The van der Waals surface area contributed by atoms with E-state index in [1.165, 1.54) is 32.7 Å². The minimum atomic E-state index is 0.653. The Morgan fingerprint density at radius 2 is 1.06 bits per heavy atom. The summed E-state index contributed by atoms with van der Waals surface area (Å²) in [5, 5.41) is 4.95. The number of anilines is 2. The Bertz CT molecular complexity index is 707. The predicted molar refractivity (Wildman–Crippen MR) is 79.8 cm³/mol. The van der Waals surface area contributed by atoms with Gasteiger partial charge < -0.3 is 11.5 Å². The van der Waals surface area contributed by atoms with Crippen molar-refractivity contribution in [2.45, 2.75) is 13.8 Å². The highest BCUT2D eigenvalue weighted by atomic mass is 14.7. The molecule has 4 N–H and O–H groups in total. The van der Waals surface area contributed by atoms with Crippen LogP contribution in [0.3, 0.4) is 0 Å². The third kappa shape index (κ3) is 1.35. The van der Waals surface area contributed by atoms with Crippen LogP contribution in [0.4, 0.5) is 11.4 Å². The van der Waals surface area contributed by atoms with Crippen molar-refractivity contribution in [3.63, 3.8) is 0 Å². The lowest BCUT2D eigenvalue weighted by Crippen LogP contribution is -1.96. The third-order valence-corrected chi connectivity index (χ3v) is 3.77. The van der Waals surface area contributed by atoms with Crippen LogP contribution in [-0.2, 0) is 0 Å². The van der Waals surface area contributed by atoms with Gasteiger partial charge in [0.15, 0.2) is 0 Å². The molecule has 90 valence electrons. The van der Waals surface area contributed by atoms with Crippen molar-refractivity contribution >= 4 is 32.9 Å². The number of rotatable bonds is 0. The Hall–Kier alpha value is -2.22. The summed E-state index contributed by atoms with van der Waals surface area (Å²) in [5.74, 6) is 0. The monoisotopic (exact) mass is 236 g/mol. The van der Waals surface area contributed by atoms with E-state index in [-0.39, 0.29) is 0 Å². The number of fused-ring (bicyclic) bond motifs is 2. The fourth-order valence-electron chi connectivity index (χ4n) is 2.68. The van der Waals surface area contributed by atoms with Crippen LogP contribution in [0, 0.1) is 13.8 Å². The molecule has 3 rings (SSSR count). The van der Waals surface area contributed by atoms with Crippen LogP contribution in [-0.4, -0.2) is 0 Å². The lowest BCUT2D eigenvalue weighted by atomic mass is 9.92. The molecule has 0 amide bonds. The van der Waals surface area contributed by atoms with Gasteiger partial charge in [0, 0.05) is 0 Å². The first-order valence-electron chi connectivity index (χ1n) is 6.06. The highest BCUT2D eigenvalue weighted by molar-refractivity contribution is 6.07. The van der Waals surface area contributed by atoms with E-state index in [2.05, 4.69) is 38.1 Å². The van der Waals surface area contributed by atoms with Crippen LogP contribution in [0.2, 0.25) is 0 Å². The Kier molecular flexibility index (Phi) is 2.20. The Morgan fingerprint density at radius 1 is 0.667 bits per heavy atom. The zero-order valence-electron chi connectivity index (χ0n) is 10.6. The van der Waals surface area contributed by atoms with Crippen LogP contribution in [0.15, 0.2) is 36.4 Å². The molecule has 0 spiro atoms. The second-order valence-corrected chi connectivity index (χ2v) is 4.82. The van der Waals surface area contributed by atoms with Crippen LogP contribution < -0.4 is 11.5 Å². The molecule has 0 atom stereocenters. The summed E-state index contributed by atoms with van der Waals surface area (Å²) in [4.78, 5) is 0. The van der Waals surface area contributed by atoms with E-state index in [1.807, 2.05) is 12.1 Å². The van der Waals surface area contributed by atoms with Crippen molar-refractivity contribution in [3.05, 3.63) is 47.5 Å². The van der Waals surface area contributed by atoms with Gasteiger partial charge in [0.25, 0.3) is 0 Å². The maximum Gasteiger partial charge on any atom is 0.0554 e. The molecule has 0 bridgehead atoms. The van der Waals surface area contributed by atoms with Crippen molar-refractivity contribution in [1.29, 1.82) is 0 Å². The molecule has 3 aromatic carbocycles. The minimum absolute atomic E-state index is 0.653. The van der Waals surface area contributed by atoms with Crippen molar-refractivity contribution in [2.24, 2.45) is 0 Å². The first kappa shape index (κ1) is 10.9. The molecule has 0 aliphatic heterocycles. The first-order valence-corrected chi connectivity index (χ1v) is 6.06. The normalized spacial score (nSPS) is 11.2. The van der Waals surface area contributed by atoms with Gasteiger partial charge in [0.05, 0.1) is 11.4 Å². The fourth-order valence-corrected chi connectivity index (χ4v) is 2.68. The SMILES string of the molecule is Cc1c2ccccc2c(C)c2cc(N)c(N)cc12. The van der Waals surface area contributed by atoms with Gasteiger partial charge in [-0.25, -0.2) is 0 Å². The fraction of sp³-hybridized carbons (Fsp3) is 0.125. The van der Waals surface area contributed by atoms with Gasteiger partial charge in [-0.3, -0.25) is 0 Å². The summed E-state index contributed by atoms with van der Waals surface area (Å²) in [7, 11) is 0. The molecule has 0 fully saturated rings. The molecule has 0 saturated carbocycles. The summed E-state index contributed by atoms with van der Waals surface area (Å²) in [6.07, 6.45) is 0. The minimum Gasteiger partial charge on any atom is -0.397 e. The van der Waals surface area contributed by atoms with Gasteiger partial charge in [0.2, 0.25) is 0 Å². The molecular weight excluding hydrogens is 220 g/mol. The van der Waals surface area contributed by atoms with Gasteiger partial charge in [0.1, 0.15) is 0 Å². The summed E-state index contributed by atoms with van der Waals surface area (Å²) in [6.45, 7) is 4.28. The number of benzene rings is 3. The molecule has 0 aliphatic carbocycles. The van der Waals surface area contributed by atoms with Crippen LogP contribution in [0.5, 0.6) is 0 Å². The second kappa shape index (κ2) is 3.64. The Balaban J connectivity index is 2.62. The smallest absolute Gasteiger partial charge is 0.0554 e. The van der Waals surface area contributed by atoms with Gasteiger partial charge in [-0.15, -0.1) is 0 Å². The van der Waals surface area contributed by atoms with E-state index >= 15 is 0 Å². The van der Waals surface area contributed by atoms with Crippen LogP contribution in [0.1, 0.15) is 11.1 Å². The summed E-state index contributed by atoms with van der Waals surface area (Å²) in [6, 6.07) is 12.4. The lowest BCUT2D eigenvalue weighted by Gasteiger charge is -2.13. The number of nitrogens with two attached hydrogens (primary N) is 2. The summed E-state index contributed by atoms with van der Waals surface area (Å²) in [5.41, 5.74) is 15.7. The van der Waals surface area contributed by atoms with E-state index < -0.39 is 0 Å². The van der Waals surface area contributed by atoms with Gasteiger partial charge in [-0.1, -0.05) is 24.3 Å². The van der Waals surface area contributed by atoms with Gasteiger partial charge in [-0.2, -0.15) is 0 Å². The quantitative estimate of drug-likeness (QED) is 0.461. The van der Waals surface area contributed by atoms with Gasteiger partial charge >= 0.3 is 0 Å². The van der Waals surface area contributed by atoms with Crippen molar-refractivity contribution in [1.82, 2.24) is 0 Å². The summed E-state index contributed by atoms with van der Waals surface area (Å²) >= 11 is 0. The Morgan fingerprint density at radius 3 is 1.44 bits per heavy atom. The van der Waals surface area contributed by atoms with Crippen molar-refractivity contribution in [3.8, 4) is 0 Å². The number of nitrogen functional groups attached to an aromatic ring is 2. The van der Waals surface area contributed by atoms with Gasteiger partial charge in [-0.05, 0) is 58.7 Å². The van der Waals surface area contributed by atoms with E-state index in [4.69, 9.17) is 11.5 Å². The standard InChI is InChI=1S/C16H16N2/c1-9-11-5-3-4-6-12(11)10(2)14-8-16(18)15(17)7-13(9)14/h3-8H,17-18H2,1-2H3. The highest BCUT2D eigenvalue weighted by Crippen LogP contribution is 2.34. The first-order chi connectivity index (χ1) is 8.59. The van der Waals surface area contributed by atoms with Crippen LogP contribution >= 0.6 is 0 Å². The summed E-state index contributed by atoms with van der Waals surface area (Å²) < 4.78 is 0. The predicted octanol–water partition coefficient (Wildman–Crippen LogP) is 3.77. The molecule has 0 saturated heterocycles. The molecule has 0 radical (unpaired) electrons. The lowest BCUT2D eigenvalue weighted by molar-refractivity contribution is 1.52. The maximum absolute atomic E-state index is 5.92. The highest BCUT2D eigenvalue weighted by Gasteiger charge is 2.09. The molecule has 2 nitrogen and oxygen atoms in total. The molecule has 0 aliphatic rings. The second-order valence-electron chi connectivity index (χ2n) is 4.82.